The number of aromatic nitrogens is 1. The predicted molar refractivity (Wildman–Crippen MR) is 83.2 cm³/mol. The van der Waals surface area contributed by atoms with Crippen LogP contribution in [0.2, 0.25) is 0 Å². The van der Waals surface area contributed by atoms with Gasteiger partial charge < -0.3 is 18.8 Å². The molecule has 2 aliphatic rings. The maximum Gasteiger partial charge on any atom is 0.237 e. The molecule has 0 radical (unpaired) electrons. The van der Waals surface area contributed by atoms with Crippen LogP contribution in [0.15, 0.2) is 28.1 Å². The Morgan fingerprint density at radius 2 is 2.39 bits per heavy atom. The molecule has 1 saturated heterocycles. The van der Waals surface area contributed by atoms with E-state index in [1.807, 2.05) is 4.57 Å². The zero-order valence-corrected chi connectivity index (χ0v) is 14.1. The lowest BCUT2D eigenvalue weighted by Gasteiger charge is -2.53. The molecule has 7 nitrogen and oxygen atoms in total. The Balaban J connectivity index is 2.12. The monoisotopic (exact) mass is 385 g/mol. The van der Waals surface area contributed by atoms with Gasteiger partial charge in [0.25, 0.3) is 0 Å². The van der Waals surface area contributed by atoms with Crippen LogP contribution in [0, 0.1) is 0 Å². The Bertz CT molecular complexity index is 702. The molecular formula is C15H16BrNO6. The van der Waals surface area contributed by atoms with Crippen molar-refractivity contribution in [1.29, 1.82) is 0 Å². The minimum Gasteiger partial charge on any atom is -0.491 e. The van der Waals surface area contributed by atoms with Crippen molar-refractivity contribution in [3.63, 3.8) is 0 Å². The Morgan fingerprint density at radius 1 is 1.61 bits per heavy atom. The summed E-state index contributed by atoms with van der Waals surface area (Å²) in [5.41, 5.74) is -0.690. The van der Waals surface area contributed by atoms with E-state index in [1.54, 1.807) is 12.3 Å². The van der Waals surface area contributed by atoms with E-state index in [9.17, 15) is 9.59 Å². The van der Waals surface area contributed by atoms with Gasteiger partial charge in [-0.1, -0.05) is 6.08 Å². The molecule has 3 atom stereocenters. The smallest absolute Gasteiger partial charge is 0.237 e. The van der Waals surface area contributed by atoms with Gasteiger partial charge in [-0.25, -0.2) is 9.78 Å². The second kappa shape index (κ2) is 6.20. The molecule has 3 heterocycles. The van der Waals surface area contributed by atoms with E-state index in [1.165, 1.54) is 7.11 Å². The molecule has 0 bridgehead atoms. The predicted octanol–water partition coefficient (Wildman–Crippen LogP) is 1.53. The summed E-state index contributed by atoms with van der Waals surface area (Å²) in [6, 6.07) is 0. The molecule has 0 aliphatic carbocycles. The number of halogens is 1. The van der Waals surface area contributed by atoms with Crippen molar-refractivity contribution >= 4 is 22.2 Å². The van der Waals surface area contributed by atoms with Crippen LogP contribution in [0.25, 0.3) is 0 Å². The van der Waals surface area contributed by atoms with Crippen LogP contribution in [0.1, 0.15) is 18.2 Å². The van der Waals surface area contributed by atoms with Crippen molar-refractivity contribution < 1.29 is 24.0 Å². The van der Waals surface area contributed by atoms with Gasteiger partial charge >= 0.3 is 0 Å². The SMILES string of the molecule is C=CCOC1Cn2cc(Br)c(=O)c(OC)c2C2OOC12CC=O. The number of carbonyl (C=O) groups excluding carboxylic acids is 1. The molecule has 23 heavy (non-hydrogen) atoms. The van der Waals surface area contributed by atoms with E-state index in [4.69, 9.17) is 19.2 Å². The van der Waals surface area contributed by atoms with E-state index in [2.05, 4.69) is 22.5 Å². The molecule has 3 unspecified atom stereocenters. The van der Waals surface area contributed by atoms with Crippen LogP contribution in [0.3, 0.4) is 0 Å². The third-order valence-corrected chi connectivity index (χ3v) is 4.72. The van der Waals surface area contributed by atoms with Crippen LogP contribution in [0.4, 0.5) is 0 Å². The minimum absolute atomic E-state index is 0.0902. The standard InChI is InChI=1S/C15H16BrNO6/c1-3-6-21-10-8-17-7-9(16)12(19)13(20-2)11(17)14-15(10,4-5-18)23-22-14/h3,5,7,10,14H,1,4,6,8H2,2H3. The molecule has 1 fully saturated rings. The average molecular weight is 386 g/mol. The fraction of sp³-hybridized carbons (Fsp3) is 0.467. The topological polar surface area (TPSA) is 76.0 Å². The van der Waals surface area contributed by atoms with Crippen LogP contribution in [-0.4, -0.2) is 36.3 Å². The van der Waals surface area contributed by atoms with Crippen molar-refractivity contribution in [2.45, 2.75) is 30.8 Å². The Morgan fingerprint density at radius 3 is 2.96 bits per heavy atom. The fourth-order valence-electron chi connectivity index (χ4n) is 3.07. The maximum atomic E-state index is 12.3. The number of hydrogen-bond acceptors (Lipinski definition) is 6. The van der Waals surface area contributed by atoms with Crippen LogP contribution < -0.4 is 10.2 Å². The number of rotatable bonds is 6. The van der Waals surface area contributed by atoms with Gasteiger partial charge in [-0.2, -0.15) is 0 Å². The summed E-state index contributed by atoms with van der Waals surface area (Å²) in [6.07, 6.45) is 3.10. The maximum absolute atomic E-state index is 12.3. The Kier molecular flexibility index (Phi) is 4.41. The van der Waals surface area contributed by atoms with E-state index >= 15 is 0 Å². The Hall–Kier alpha value is -1.48. The lowest BCUT2D eigenvalue weighted by molar-refractivity contribution is -0.535. The number of fused-ring (bicyclic) bond motifs is 3. The minimum atomic E-state index is -0.960. The van der Waals surface area contributed by atoms with Crippen molar-refractivity contribution in [2.24, 2.45) is 0 Å². The first kappa shape index (κ1) is 16.4. The van der Waals surface area contributed by atoms with Gasteiger partial charge in [0, 0.05) is 12.6 Å². The molecule has 0 aromatic carbocycles. The summed E-state index contributed by atoms with van der Waals surface area (Å²) < 4.78 is 13.3. The molecule has 8 heteroatoms. The number of nitrogens with zero attached hydrogens (tertiary/aromatic N) is 1. The molecular weight excluding hydrogens is 370 g/mol. The highest BCUT2D eigenvalue weighted by Gasteiger charge is 2.62. The van der Waals surface area contributed by atoms with E-state index in [-0.39, 0.29) is 17.6 Å². The van der Waals surface area contributed by atoms with E-state index in [0.717, 1.165) is 6.29 Å². The number of ether oxygens (including phenoxy) is 2. The second-order valence-electron chi connectivity index (χ2n) is 5.37. The molecule has 124 valence electrons. The third-order valence-electron chi connectivity index (χ3n) is 4.16. The first-order valence-corrected chi connectivity index (χ1v) is 7.85. The fourth-order valence-corrected chi connectivity index (χ4v) is 3.50. The summed E-state index contributed by atoms with van der Waals surface area (Å²) in [7, 11) is 1.42. The summed E-state index contributed by atoms with van der Waals surface area (Å²) in [4.78, 5) is 34.0. The van der Waals surface area contributed by atoms with Gasteiger partial charge in [-0.05, 0) is 15.9 Å². The number of hydrogen-bond donors (Lipinski definition) is 0. The molecule has 3 rings (SSSR count). The summed E-state index contributed by atoms with van der Waals surface area (Å²) in [5.74, 6) is 0.171. The summed E-state index contributed by atoms with van der Waals surface area (Å²) in [6.45, 7) is 4.34. The number of carbonyl (C=O) groups is 1. The highest BCUT2D eigenvalue weighted by Crippen LogP contribution is 2.52. The molecule has 0 spiro atoms. The largest absolute Gasteiger partial charge is 0.491 e. The summed E-state index contributed by atoms with van der Waals surface area (Å²) in [5, 5.41) is 0. The molecule has 2 aliphatic heterocycles. The number of methoxy groups -OCH3 is 1. The Labute approximate surface area is 140 Å². The quantitative estimate of drug-likeness (QED) is 0.420. The van der Waals surface area contributed by atoms with Crippen LogP contribution in [-0.2, 0) is 25.9 Å². The van der Waals surface area contributed by atoms with E-state index in [0.29, 0.717) is 23.3 Å². The van der Waals surface area contributed by atoms with Crippen molar-refractivity contribution in [2.75, 3.05) is 13.7 Å². The number of pyridine rings is 1. The zero-order valence-electron chi connectivity index (χ0n) is 12.5. The van der Waals surface area contributed by atoms with Crippen LogP contribution >= 0.6 is 15.9 Å². The normalized spacial score (nSPS) is 28.3. The summed E-state index contributed by atoms with van der Waals surface area (Å²) >= 11 is 3.24. The molecule has 1 aromatic heterocycles. The van der Waals surface area contributed by atoms with Crippen molar-refractivity contribution in [1.82, 2.24) is 4.57 Å². The van der Waals surface area contributed by atoms with Crippen LogP contribution in [0.5, 0.6) is 5.75 Å². The average Bonchev–Trinajstić information content (AvgIpc) is 2.51. The molecule has 0 amide bonds. The third kappa shape index (κ3) is 2.37. The number of aldehydes is 1. The molecule has 0 saturated carbocycles. The van der Waals surface area contributed by atoms with Gasteiger partial charge in [0.1, 0.15) is 18.1 Å². The lowest BCUT2D eigenvalue weighted by Crippen LogP contribution is -2.64. The first-order valence-electron chi connectivity index (χ1n) is 7.06. The van der Waals surface area contributed by atoms with Crippen molar-refractivity contribution in [3.8, 4) is 5.75 Å². The van der Waals surface area contributed by atoms with Gasteiger partial charge in [0.15, 0.2) is 17.5 Å². The van der Waals surface area contributed by atoms with Gasteiger partial charge in [0.05, 0.1) is 24.7 Å². The van der Waals surface area contributed by atoms with Gasteiger partial charge in [0.2, 0.25) is 5.43 Å². The second-order valence-corrected chi connectivity index (χ2v) is 6.23. The highest BCUT2D eigenvalue weighted by molar-refractivity contribution is 9.10. The highest BCUT2D eigenvalue weighted by atomic mass is 79.9. The van der Waals surface area contributed by atoms with E-state index < -0.39 is 17.8 Å². The lowest BCUT2D eigenvalue weighted by atomic mass is 9.80. The van der Waals surface area contributed by atoms with Crippen molar-refractivity contribution in [3.05, 3.63) is 39.2 Å². The van der Waals surface area contributed by atoms with Gasteiger partial charge in [-0.15, -0.1) is 6.58 Å². The zero-order chi connectivity index (χ0) is 16.6. The first-order chi connectivity index (χ1) is 11.1. The van der Waals surface area contributed by atoms with Gasteiger partial charge in [-0.3, -0.25) is 4.79 Å². The molecule has 1 aromatic rings. The molecule has 0 N–H and O–H groups in total.